The van der Waals surface area contributed by atoms with Gasteiger partial charge in [-0.3, -0.25) is 9.78 Å². The lowest BCUT2D eigenvalue weighted by Gasteiger charge is -2.33. The number of hydrogen-bond donors (Lipinski definition) is 0. The summed E-state index contributed by atoms with van der Waals surface area (Å²) >= 11 is 0. The van der Waals surface area contributed by atoms with E-state index in [9.17, 15) is 9.18 Å². The third-order valence-electron chi connectivity index (χ3n) is 6.90. The Morgan fingerprint density at radius 1 is 1.09 bits per heavy atom. The highest BCUT2D eigenvalue weighted by molar-refractivity contribution is 5.95. The number of amides is 1. The van der Waals surface area contributed by atoms with Crippen molar-refractivity contribution >= 4 is 5.91 Å². The van der Waals surface area contributed by atoms with Gasteiger partial charge in [-0.25, -0.2) is 4.39 Å². The second-order valence-electron chi connectivity index (χ2n) is 9.37. The van der Waals surface area contributed by atoms with Crippen LogP contribution >= 0.6 is 0 Å². The predicted octanol–water partition coefficient (Wildman–Crippen LogP) is 4.99. The molecule has 2 fully saturated rings. The number of hydrogen-bond acceptors (Lipinski definition) is 5. The van der Waals surface area contributed by atoms with E-state index in [1.54, 1.807) is 12.0 Å². The summed E-state index contributed by atoms with van der Waals surface area (Å²) in [5, 5.41) is 0. The normalized spacial score (nSPS) is 20.8. The molecule has 1 aromatic carbocycles. The number of carbonyl (C=O) groups excluding carboxylic acids is 1. The first-order valence-corrected chi connectivity index (χ1v) is 11.7. The fraction of sp³-hybridized carbons (Fsp3) is 0.538. The maximum Gasteiger partial charge on any atom is 0.256 e. The Labute approximate surface area is 195 Å². The molecular weight excluding hydrogens is 423 g/mol. The minimum atomic E-state index is -0.579. The molecule has 1 aromatic heterocycles. The number of likely N-dealkylation sites (tertiary alicyclic amines) is 1. The Hall–Kier alpha value is -2.83. The van der Waals surface area contributed by atoms with Gasteiger partial charge >= 0.3 is 0 Å². The highest BCUT2D eigenvalue weighted by Gasteiger charge is 2.30. The van der Waals surface area contributed by atoms with Gasteiger partial charge in [0.05, 0.1) is 26.4 Å². The topological polar surface area (TPSA) is 60.9 Å². The first kappa shape index (κ1) is 23.3. The lowest BCUT2D eigenvalue weighted by molar-refractivity contribution is 0.0707. The van der Waals surface area contributed by atoms with Gasteiger partial charge in [0.1, 0.15) is 11.6 Å². The number of nitrogens with zero attached hydrogens (tertiary/aromatic N) is 2. The molecule has 0 N–H and O–H groups in total. The average molecular weight is 457 g/mol. The van der Waals surface area contributed by atoms with Crippen LogP contribution in [0, 0.1) is 24.6 Å². The number of rotatable bonds is 7. The molecule has 178 valence electrons. The van der Waals surface area contributed by atoms with Crippen LogP contribution < -0.4 is 14.2 Å². The summed E-state index contributed by atoms with van der Waals surface area (Å²) in [5.74, 6) is 2.14. The largest absolute Gasteiger partial charge is 0.496 e. The molecule has 0 spiro atoms. The molecule has 0 radical (unpaired) electrons. The van der Waals surface area contributed by atoms with E-state index in [-0.39, 0.29) is 17.4 Å². The zero-order chi connectivity index (χ0) is 23.5. The van der Waals surface area contributed by atoms with Crippen LogP contribution in [0.3, 0.4) is 0 Å². The first-order valence-electron chi connectivity index (χ1n) is 11.7. The third kappa shape index (κ3) is 5.07. The number of benzene rings is 1. The van der Waals surface area contributed by atoms with Gasteiger partial charge < -0.3 is 19.1 Å². The van der Waals surface area contributed by atoms with Crippen LogP contribution in [0.25, 0.3) is 0 Å². The number of halogens is 1. The van der Waals surface area contributed by atoms with Crippen molar-refractivity contribution in [3.63, 3.8) is 0 Å². The van der Waals surface area contributed by atoms with Gasteiger partial charge in [0.25, 0.3) is 5.91 Å². The summed E-state index contributed by atoms with van der Waals surface area (Å²) in [6, 6.07) is 4.68. The zero-order valence-electron chi connectivity index (χ0n) is 19.9. The molecule has 1 saturated carbocycles. The Morgan fingerprint density at radius 2 is 1.79 bits per heavy atom. The van der Waals surface area contributed by atoms with Gasteiger partial charge in [0, 0.05) is 42.7 Å². The summed E-state index contributed by atoms with van der Waals surface area (Å²) < 4.78 is 31.7. The third-order valence-corrected chi connectivity index (χ3v) is 6.90. The summed E-state index contributed by atoms with van der Waals surface area (Å²) in [4.78, 5) is 19.2. The Morgan fingerprint density at radius 3 is 2.42 bits per heavy atom. The van der Waals surface area contributed by atoms with Gasteiger partial charge in [0.2, 0.25) is 0 Å². The van der Waals surface area contributed by atoms with E-state index in [2.05, 4.69) is 11.9 Å². The molecule has 2 aromatic rings. The van der Waals surface area contributed by atoms with Crippen LogP contribution in [0.1, 0.15) is 60.1 Å². The van der Waals surface area contributed by atoms with Crippen LogP contribution in [0.5, 0.6) is 17.2 Å². The summed E-state index contributed by atoms with van der Waals surface area (Å²) in [7, 11) is 3.17. The molecule has 7 heteroatoms. The summed E-state index contributed by atoms with van der Waals surface area (Å²) in [5.41, 5.74) is 1.98. The standard InChI is InChI=1S/C26H33FN2O4/c1-16-9-18(10-16)15-33-25-13-22(27)20(12-24(25)32-4)26(30)29-7-5-19(6-8-29)21-14-28-17(2)11-23(21)31-3/h11-14,16,18-19H,5-10,15H2,1-4H3. The number of aryl methyl sites for hydroxylation is 1. The molecule has 4 rings (SSSR count). The predicted molar refractivity (Wildman–Crippen MR) is 124 cm³/mol. The molecule has 2 aliphatic rings. The van der Waals surface area contributed by atoms with Crippen molar-refractivity contribution in [2.75, 3.05) is 33.9 Å². The van der Waals surface area contributed by atoms with E-state index >= 15 is 0 Å². The van der Waals surface area contributed by atoms with Crippen LogP contribution in [0.15, 0.2) is 24.4 Å². The summed E-state index contributed by atoms with van der Waals surface area (Å²) in [6.45, 7) is 5.77. The lowest BCUT2D eigenvalue weighted by Crippen LogP contribution is -2.38. The molecule has 1 saturated heterocycles. The van der Waals surface area contributed by atoms with Gasteiger partial charge in [0.15, 0.2) is 11.5 Å². The molecule has 0 atom stereocenters. The van der Waals surface area contributed by atoms with Crippen molar-refractivity contribution in [1.82, 2.24) is 9.88 Å². The molecule has 0 unspecified atom stereocenters. The molecule has 33 heavy (non-hydrogen) atoms. The highest BCUT2D eigenvalue weighted by atomic mass is 19.1. The molecule has 1 aliphatic carbocycles. The van der Waals surface area contributed by atoms with E-state index in [1.165, 1.54) is 19.2 Å². The maximum atomic E-state index is 14.9. The van der Waals surface area contributed by atoms with Crippen LogP contribution in [0.2, 0.25) is 0 Å². The molecule has 2 heterocycles. The second-order valence-corrected chi connectivity index (χ2v) is 9.37. The van der Waals surface area contributed by atoms with E-state index in [1.807, 2.05) is 19.2 Å². The van der Waals surface area contributed by atoms with E-state index in [0.29, 0.717) is 37.1 Å². The SMILES string of the molecule is COc1cc(C(=O)N2CCC(c3cnc(C)cc3OC)CC2)c(F)cc1OCC1CC(C)C1. The monoisotopic (exact) mass is 456 g/mol. The Balaban J connectivity index is 1.42. The minimum Gasteiger partial charge on any atom is -0.496 e. The van der Waals surface area contributed by atoms with Gasteiger partial charge in [-0.05, 0) is 56.4 Å². The van der Waals surface area contributed by atoms with Crippen LogP contribution in [-0.4, -0.2) is 49.7 Å². The quantitative estimate of drug-likeness (QED) is 0.587. The van der Waals surface area contributed by atoms with Crippen LogP contribution in [0.4, 0.5) is 4.39 Å². The highest BCUT2D eigenvalue weighted by Crippen LogP contribution is 2.37. The number of pyridine rings is 1. The van der Waals surface area contributed by atoms with Crippen LogP contribution in [-0.2, 0) is 0 Å². The summed E-state index contributed by atoms with van der Waals surface area (Å²) in [6.07, 6.45) is 5.66. The second kappa shape index (κ2) is 9.98. The van der Waals surface area contributed by atoms with E-state index in [4.69, 9.17) is 14.2 Å². The molecule has 0 bridgehead atoms. The average Bonchev–Trinajstić information content (AvgIpc) is 2.80. The van der Waals surface area contributed by atoms with Crippen molar-refractivity contribution in [2.45, 2.75) is 45.4 Å². The van der Waals surface area contributed by atoms with Crippen molar-refractivity contribution < 1.29 is 23.4 Å². The fourth-order valence-electron chi connectivity index (χ4n) is 4.98. The number of aromatic nitrogens is 1. The molecular formula is C26H33FN2O4. The molecule has 1 aliphatic heterocycles. The Bertz CT molecular complexity index is 998. The zero-order valence-corrected chi connectivity index (χ0v) is 19.9. The van der Waals surface area contributed by atoms with Crippen molar-refractivity contribution in [1.29, 1.82) is 0 Å². The van der Waals surface area contributed by atoms with E-state index < -0.39 is 5.82 Å². The molecule has 1 amide bonds. The number of carbonyl (C=O) groups is 1. The molecule has 6 nitrogen and oxygen atoms in total. The first-order chi connectivity index (χ1) is 15.9. The van der Waals surface area contributed by atoms with Gasteiger partial charge in [-0.15, -0.1) is 0 Å². The van der Waals surface area contributed by atoms with E-state index in [0.717, 1.165) is 48.6 Å². The number of methoxy groups -OCH3 is 2. The number of ether oxygens (including phenoxy) is 3. The number of piperidine rings is 1. The fourth-order valence-corrected chi connectivity index (χ4v) is 4.98. The van der Waals surface area contributed by atoms with Crippen molar-refractivity contribution in [3.05, 3.63) is 47.0 Å². The van der Waals surface area contributed by atoms with Gasteiger partial charge in [-0.2, -0.15) is 0 Å². The van der Waals surface area contributed by atoms with Crippen molar-refractivity contribution in [3.8, 4) is 17.2 Å². The van der Waals surface area contributed by atoms with Crippen molar-refractivity contribution in [2.24, 2.45) is 11.8 Å². The smallest absolute Gasteiger partial charge is 0.256 e. The lowest BCUT2D eigenvalue weighted by atomic mass is 9.77. The Kier molecular flexibility index (Phi) is 7.05. The maximum absolute atomic E-state index is 14.9. The minimum absolute atomic E-state index is 0.0181. The van der Waals surface area contributed by atoms with Gasteiger partial charge in [-0.1, -0.05) is 6.92 Å².